The van der Waals surface area contributed by atoms with E-state index in [9.17, 15) is 18.8 Å². The molecule has 134 valence electrons. The van der Waals surface area contributed by atoms with Crippen molar-refractivity contribution in [1.82, 2.24) is 10.6 Å². The van der Waals surface area contributed by atoms with Gasteiger partial charge in [-0.1, -0.05) is 6.07 Å². The SMILES string of the molecule is CC(=O)NCC1COC(=O)N1c1ccc(C2CCC(=O)NC2)c(F)c1. The lowest BCUT2D eigenvalue weighted by atomic mass is 9.91. The Morgan fingerprint density at radius 3 is 2.88 bits per heavy atom. The number of nitrogens with zero attached hydrogens (tertiary/aromatic N) is 1. The Bertz CT molecular complexity index is 699. The molecular weight excluding hydrogens is 329 g/mol. The summed E-state index contributed by atoms with van der Waals surface area (Å²) in [5.41, 5.74) is 0.911. The van der Waals surface area contributed by atoms with Gasteiger partial charge in [0.25, 0.3) is 0 Å². The second-order valence-electron chi connectivity index (χ2n) is 6.28. The summed E-state index contributed by atoms with van der Waals surface area (Å²) in [6.45, 7) is 2.17. The van der Waals surface area contributed by atoms with Crippen molar-refractivity contribution in [2.45, 2.75) is 31.7 Å². The average Bonchev–Trinajstić information content (AvgIpc) is 2.94. The van der Waals surface area contributed by atoms with E-state index in [0.717, 1.165) is 0 Å². The Balaban J connectivity index is 1.77. The van der Waals surface area contributed by atoms with E-state index >= 15 is 0 Å². The molecule has 1 aromatic rings. The summed E-state index contributed by atoms with van der Waals surface area (Å²) >= 11 is 0. The third kappa shape index (κ3) is 3.72. The minimum atomic E-state index is -0.563. The van der Waals surface area contributed by atoms with Gasteiger partial charge in [0.15, 0.2) is 0 Å². The number of benzene rings is 1. The first-order valence-electron chi connectivity index (χ1n) is 8.22. The number of carbonyl (C=O) groups is 3. The van der Waals surface area contributed by atoms with Crippen LogP contribution in [0.3, 0.4) is 0 Å². The summed E-state index contributed by atoms with van der Waals surface area (Å²) in [5.74, 6) is -0.724. The molecule has 8 heteroatoms. The van der Waals surface area contributed by atoms with E-state index in [1.807, 2.05) is 0 Å². The number of halogens is 1. The van der Waals surface area contributed by atoms with Crippen LogP contribution in [-0.2, 0) is 14.3 Å². The number of hydrogen-bond donors (Lipinski definition) is 2. The number of rotatable bonds is 4. The highest BCUT2D eigenvalue weighted by atomic mass is 19.1. The maximum absolute atomic E-state index is 14.6. The van der Waals surface area contributed by atoms with Crippen molar-refractivity contribution < 1.29 is 23.5 Å². The van der Waals surface area contributed by atoms with Gasteiger partial charge in [0.2, 0.25) is 11.8 Å². The molecule has 2 N–H and O–H groups in total. The molecule has 2 fully saturated rings. The van der Waals surface area contributed by atoms with E-state index < -0.39 is 11.9 Å². The second kappa shape index (κ2) is 7.08. The number of amides is 3. The van der Waals surface area contributed by atoms with Crippen molar-refractivity contribution in [3.63, 3.8) is 0 Å². The summed E-state index contributed by atoms with van der Waals surface area (Å²) in [4.78, 5) is 35.7. The van der Waals surface area contributed by atoms with Gasteiger partial charge in [-0.05, 0) is 24.1 Å². The van der Waals surface area contributed by atoms with Crippen LogP contribution in [0.15, 0.2) is 18.2 Å². The average molecular weight is 349 g/mol. The first kappa shape index (κ1) is 17.2. The van der Waals surface area contributed by atoms with Crippen LogP contribution in [0.4, 0.5) is 14.9 Å². The maximum Gasteiger partial charge on any atom is 0.414 e. The van der Waals surface area contributed by atoms with E-state index in [0.29, 0.717) is 30.6 Å². The number of piperidine rings is 1. The molecule has 0 bridgehead atoms. The first-order chi connectivity index (χ1) is 12.0. The number of nitrogens with one attached hydrogen (secondary N) is 2. The quantitative estimate of drug-likeness (QED) is 0.857. The Labute approximate surface area is 144 Å². The molecule has 3 rings (SSSR count). The van der Waals surface area contributed by atoms with Gasteiger partial charge >= 0.3 is 6.09 Å². The van der Waals surface area contributed by atoms with Crippen LogP contribution < -0.4 is 15.5 Å². The van der Waals surface area contributed by atoms with Crippen LogP contribution in [0.5, 0.6) is 0 Å². The number of carbonyl (C=O) groups excluding carboxylic acids is 3. The van der Waals surface area contributed by atoms with E-state index in [4.69, 9.17) is 4.74 Å². The van der Waals surface area contributed by atoms with Crippen LogP contribution in [0.2, 0.25) is 0 Å². The van der Waals surface area contributed by atoms with Gasteiger partial charge in [0.1, 0.15) is 12.4 Å². The fourth-order valence-corrected chi connectivity index (χ4v) is 3.18. The molecule has 0 spiro atoms. The first-order valence-corrected chi connectivity index (χ1v) is 8.22. The molecular formula is C17H20FN3O4. The molecule has 2 aliphatic heterocycles. The van der Waals surface area contributed by atoms with E-state index in [1.165, 1.54) is 17.9 Å². The predicted octanol–water partition coefficient (Wildman–Crippen LogP) is 1.28. The molecule has 2 saturated heterocycles. The molecule has 0 aliphatic carbocycles. The van der Waals surface area contributed by atoms with Crippen molar-refractivity contribution >= 4 is 23.6 Å². The van der Waals surface area contributed by atoms with Crippen LogP contribution in [0, 0.1) is 5.82 Å². The van der Waals surface area contributed by atoms with Crippen molar-refractivity contribution in [1.29, 1.82) is 0 Å². The van der Waals surface area contributed by atoms with E-state index in [2.05, 4.69) is 10.6 Å². The topological polar surface area (TPSA) is 87.7 Å². The van der Waals surface area contributed by atoms with E-state index in [1.54, 1.807) is 12.1 Å². The number of anilines is 1. The van der Waals surface area contributed by atoms with E-state index in [-0.39, 0.29) is 36.9 Å². The minimum Gasteiger partial charge on any atom is -0.447 e. The molecule has 7 nitrogen and oxygen atoms in total. The number of cyclic esters (lactones) is 1. The van der Waals surface area contributed by atoms with Crippen molar-refractivity contribution in [2.75, 3.05) is 24.6 Å². The van der Waals surface area contributed by atoms with Gasteiger partial charge in [-0.2, -0.15) is 0 Å². The van der Waals surface area contributed by atoms with Crippen LogP contribution in [-0.4, -0.2) is 43.6 Å². The zero-order valence-electron chi connectivity index (χ0n) is 13.9. The Hall–Kier alpha value is -2.64. The van der Waals surface area contributed by atoms with Gasteiger partial charge in [0, 0.05) is 32.4 Å². The fourth-order valence-electron chi connectivity index (χ4n) is 3.18. The predicted molar refractivity (Wildman–Crippen MR) is 87.7 cm³/mol. The smallest absolute Gasteiger partial charge is 0.414 e. The molecule has 0 saturated carbocycles. The summed E-state index contributed by atoms with van der Waals surface area (Å²) < 4.78 is 19.6. The Kier molecular flexibility index (Phi) is 4.87. The van der Waals surface area contributed by atoms with Gasteiger partial charge in [-0.25, -0.2) is 9.18 Å². The van der Waals surface area contributed by atoms with Gasteiger partial charge < -0.3 is 15.4 Å². The lowest BCUT2D eigenvalue weighted by Crippen LogP contribution is -2.42. The largest absolute Gasteiger partial charge is 0.447 e. The lowest BCUT2D eigenvalue weighted by molar-refractivity contribution is -0.122. The summed E-state index contributed by atoms with van der Waals surface area (Å²) in [7, 11) is 0. The standard InChI is InChI=1S/C17H20FN3O4/c1-10(22)19-8-13-9-25-17(24)21(13)12-3-4-14(15(18)6-12)11-2-5-16(23)20-7-11/h3-4,6,11,13H,2,5,7-9H2,1H3,(H,19,22)(H,20,23). The summed E-state index contributed by atoms with van der Waals surface area (Å²) in [6.07, 6.45) is 0.412. The van der Waals surface area contributed by atoms with Crippen LogP contribution >= 0.6 is 0 Å². The van der Waals surface area contributed by atoms with Crippen LogP contribution in [0.1, 0.15) is 31.2 Å². The Morgan fingerprint density at radius 1 is 1.44 bits per heavy atom. The molecule has 25 heavy (non-hydrogen) atoms. The zero-order valence-corrected chi connectivity index (χ0v) is 13.9. The normalized spacial score (nSPS) is 23.2. The summed E-state index contributed by atoms with van der Waals surface area (Å²) in [6, 6.07) is 4.24. The van der Waals surface area contributed by atoms with Crippen LogP contribution in [0.25, 0.3) is 0 Å². The third-order valence-corrected chi connectivity index (χ3v) is 4.52. The maximum atomic E-state index is 14.6. The zero-order chi connectivity index (χ0) is 18.0. The molecule has 2 atom stereocenters. The lowest BCUT2D eigenvalue weighted by Gasteiger charge is -2.25. The highest BCUT2D eigenvalue weighted by Gasteiger charge is 2.35. The second-order valence-corrected chi connectivity index (χ2v) is 6.28. The highest BCUT2D eigenvalue weighted by Crippen LogP contribution is 2.30. The molecule has 2 unspecified atom stereocenters. The Morgan fingerprint density at radius 2 is 2.24 bits per heavy atom. The van der Waals surface area contributed by atoms with Gasteiger partial charge in [-0.3, -0.25) is 14.5 Å². The molecule has 1 aromatic carbocycles. The monoisotopic (exact) mass is 349 g/mol. The third-order valence-electron chi connectivity index (χ3n) is 4.52. The highest BCUT2D eigenvalue weighted by molar-refractivity contribution is 5.90. The molecule has 3 amide bonds. The number of ether oxygens (including phenoxy) is 1. The molecule has 2 heterocycles. The van der Waals surface area contributed by atoms with Crippen molar-refractivity contribution in [3.05, 3.63) is 29.6 Å². The number of hydrogen-bond acceptors (Lipinski definition) is 4. The van der Waals surface area contributed by atoms with Gasteiger partial charge in [0.05, 0.1) is 11.7 Å². The van der Waals surface area contributed by atoms with Crippen molar-refractivity contribution in [2.24, 2.45) is 0 Å². The molecule has 0 radical (unpaired) electrons. The van der Waals surface area contributed by atoms with Crippen molar-refractivity contribution in [3.8, 4) is 0 Å². The summed E-state index contributed by atoms with van der Waals surface area (Å²) in [5, 5.41) is 5.38. The molecule has 0 aromatic heterocycles. The fraction of sp³-hybridized carbons (Fsp3) is 0.471. The van der Waals surface area contributed by atoms with Gasteiger partial charge in [-0.15, -0.1) is 0 Å². The molecule has 2 aliphatic rings. The minimum absolute atomic E-state index is 0.0195.